The predicted octanol–water partition coefficient (Wildman–Crippen LogP) is 6.47. The van der Waals surface area contributed by atoms with E-state index >= 15 is 0 Å². The second kappa shape index (κ2) is 6.89. The van der Waals surface area contributed by atoms with Gasteiger partial charge in [-0.2, -0.15) is 15.8 Å². The van der Waals surface area contributed by atoms with Gasteiger partial charge in [-0.3, -0.25) is 9.69 Å². The lowest BCUT2D eigenvalue weighted by Gasteiger charge is -2.42. The van der Waals surface area contributed by atoms with Crippen molar-refractivity contribution in [2.45, 2.75) is 6.17 Å². The summed E-state index contributed by atoms with van der Waals surface area (Å²) in [5, 5.41) is 36.6. The van der Waals surface area contributed by atoms with Crippen LogP contribution in [0.1, 0.15) is 38.8 Å². The summed E-state index contributed by atoms with van der Waals surface area (Å²) in [7, 11) is 0. The van der Waals surface area contributed by atoms with Crippen LogP contribution in [0.3, 0.4) is 0 Å². The van der Waals surface area contributed by atoms with E-state index in [-0.39, 0.29) is 11.5 Å². The quantitative estimate of drug-likeness (QED) is 0.263. The highest BCUT2D eigenvalue weighted by molar-refractivity contribution is 6.25. The lowest BCUT2D eigenvalue weighted by molar-refractivity contribution is 0.0977. The molecule has 1 amide bonds. The van der Waals surface area contributed by atoms with Crippen molar-refractivity contribution in [3.8, 4) is 40.8 Å². The van der Waals surface area contributed by atoms with Gasteiger partial charge in [0.1, 0.15) is 18.0 Å². The van der Waals surface area contributed by atoms with Crippen LogP contribution in [0.25, 0.3) is 32.7 Å². The van der Waals surface area contributed by atoms with Crippen LogP contribution in [0.4, 0.5) is 11.4 Å². The SMILES string of the molecule is N#Cc1ccc2c(c1)-c1c(C#N)cc3c4c(cc(C#N)c(c14)O2)C1Nc2cccc4cccc(c24)N1C3=O. The van der Waals surface area contributed by atoms with Crippen LogP contribution in [0, 0.1) is 34.0 Å². The molecule has 7 nitrogen and oxygen atoms in total. The monoisotopic (exact) mass is 487 g/mol. The number of rotatable bonds is 0. The highest BCUT2D eigenvalue weighted by atomic mass is 16.5. The Balaban J connectivity index is 1.52. The molecule has 1 unspecified atom stereocenters. The summed E-state index contributed by atoms with van der Waals surface area (Å²) >= 11 is 0. The van der Waals surface area contributed by atoms with Crippen LogP contribution >= 0.6 is 0 Å². The number of anilines is 2. The number of fused-ring (bicyclic) bond motifs is 5. The Labute approximate surface area is 215 Å². The molecule has 3 aliphatic heterocycles. The molecular weight excluding hydrogens is 474 g/mol. The molecule has 0 saturated carbocycles. The Hall–Kier alpha value is -5.84. The number of nitriles is 3. The minimum atomic E-state index is -0.565. The molecule has 0 aromatic heterocycles. The van der Waals surface area contributed by atoms with Gasteiger partial charge < -0.3 is 10.1 Å². The van der Waals surface area contributed by atoms with E-state index in [1.807, 2.05) is 36.4 Å². The molecule has 5 aromatic rings. The first-order valence-electron chi connectivity index (χ1n) is 11.9. The van der Waals surface area contributed by atoms with Crippen LogP contribution in [-0.4, -0.2) is 5.91 Å². The van der Waals surface area contributed by atoms with Crippen LogP contribution < -0.4 is 15.0 Å². The second-order valence-corrected chi connectivity index (χ2v) is 9.49. The van der Waals surface area contributed by atoms with E-state index in [1.165, 1.54) is 0 Å². The third kappa shape index (κ3) is 2.32. The third-order valence-electron chi connectivity index (χ3n) is 7.65. The number of hydrogen-bond donors (Lipinski definition) is 1. The average molecular weight is 487 g/mol. The van der Waals surface area contributed by atoms with Gasteiger partial charge in [0.05, 0.1) is 34.5 Å². The summed E-state index contributed by atoms with van der Waals surface area (Å²) in [5.41, 5.74) is 4.94. The van der Waals surface area contributed by atoms with Crippen molar-refractivity contribution in [3.63, 3.8) is 0 Å². The minimum absolute atomic E-state index is 0.243. The molecular formula is C31H13N5O2. The number of carbonyl (C=O) groups is 1. The molecule has 0 aliphatic carbocycles. The molecule has 0 radical (unpaired) electrons. The zero-order valence-corrected chi connectivity index (χ0v) is 19.5. The first kappa shape index (κ1) is 20.4. The highest BCUT2D eigenvalue weighted by Crippen LogP contribution is 2.55. The maximum absolute atomic E-state index is 14.2. The lowest BCUT2D eigenvalue weighted by Crippen LogP contribution is -2.44. The molecule has 8 rings (SSSR count). The molecule has 0 spiro atoms. The number of hydrogen-bond acceptors (Lipinski definition) is 6. The molecule has 3 heterocycles. The molecule has 174 valence electrons. The molecule has 1 N–H and O–H groups in total. The third-order valence-corrected chi connectivity index (χ3v) is 7.65. The zero-order valence-electron chi connectivity index (χ0n) is 19.5. The topological polar surface area (TPSA) is 113 Å². The normalized spacial score (nSPS) is 15.4. The van der Waals surface area contributed by atoms with Gasteiger partial charge >= 0.3 is 0 Å². The first-order valence-corrected chi connectivity index (χ1v) is 11.9. The van der Waals surface area contributed by atoms with Gasteiger partial charge in [-0.1, -0.05) is 24.3 Å². The van der Waals surface area contributed by atoms with Crippen LogP contribution in [-0.2, 0) is 0 Å². The molecule has 38 heavy (non-hydrogen) atoms. The van der Waals surface area contributed by atoms with Crippen molar-refractivity contribution in [1.29, 1.82) is 15.8 Å². The summed E-state index contributed by atoms with van der Waals surface area (Å²) in [5.74, 6) is 0.524. The van der Waals surface area contributed by atoms with Crippen molar-refractivity contribution < 1.29 is 9.53 Å². The summed E-state index contributed by atoms with van der Waals surface area (Å²) in [6.07, 6.45) is -0.565. The molecule has 7 heteroatoms. The molecule has 3 aliphatic rings. The standard InChI is InChI=1S/C31H13N5O2/c32-12-15-7-8-24-19(9-15)25-17(13-33)10-21-27-20(11-18(14-34)29(38-24)28(25)27)30-35-22-5-1-3-16-4-2-6-23(26(16)22)36(30)31(21)37/h1-11,30,35H. The number of nitrogens with one attached hydrogen (secondary N) is 1. The van der Waals surface area contributed by atoms with Crippen molar-refractivity contribution in [1.82, 2.24) is 0 Å². The van der Waals surface area contributed by atoms with E-state index in [0.717, 1.165) is 27.7 Å². The Bertz CT molecular complexity index is 2100. The Morgan fingerprint density at radius 2 is 1.63 bits per heavy atom. The summed E-state index contributed by atoms with van der Waals surface area (Å²) in [6, 6.07) is 26.9. The number of carbonyl (C=O) groups excluding carboxylic acids is 1. The van der Waals surface area contributed by atoms with Crippen molar-refractivity contribution >= 4 is 38.8 Å². The van der Waals surface area contributed by atoms with Crippen molar-refractivity contribution in [2.75, 3.05) is 10.2 Å². The van der Waals surface area contributed by atoms with Gasteiger partial charge in [0.25, 0.3) is 5.91 Å². The van der Waals surface area contributed by atoms with E-state index in [2.05, 4.69) is 23.5 Å². The number of nitrogens with zero attached hydrogens (tertiary/aromatic N) is 4. The van der Waals surface area contributed by atoms with Crippen molar-refractivity contribution in [3.05, 3.63) is 94.5 Å². The molecule has 0 fully saturated rings. The Morgan fingerprint density at radius 3 is 2.42 bits per heavy atom. The second-order valence-electron chi connectivity index (χ2n) is 9.49. The van der Waals surface area contributed by atoms with Gasteiger partial charge in [-0.15, -0.1) is 0 Å². The average Bonchev–Trinajstić information content (AvgIpc) is 2.96. The first-order chi connectivity index (χ1) is 18.6. The molecule has 1 atom stereocenters. The fraction of sp³-hybridized carbons (Fsp3) is 0.0323. The zero-order chi connectivity index (χ0) is 25.7. The maximum Gasteiger partial charge on any atom is 0.260 e. The van der Waals surface area contributed by atoms with Gasteiger partial charge in [-0.25, -0.2) is 0 Å². The summed E-state index contributed by atoms with van der Waals surface area (Å²) in [4.78, 5) is 15.9. The van der Waals surface area contributed by atoms with E-state index in [4.69, 9.17) is 4.74 Å². The van der Waals surface area contributed by atoms with Gasteiger partial charge in [0.2, 0.25) is 0 Å². The minimum Gasteiger partial charge on any atom is -0.455 e. The molecule has 5 aromatic carbocycles. The fourth-order valence-electron chi connectivity index (χ4n) is 6.14. The number of amides is 1. The predicted molar refractivity (Wildman–Crippen MR) is 141 cm³/mol. The number of benzene rings is 5. The maximum atomic E-state index is 14.2. The van der Waals surface area contributed by atoms with Crippen molar-refractivity contribution in [2.24, 2.45) is 0 Å². The van der Waals surface area contributed by atoms with E-state index in [0.29, 0.717) is 50.1 Å². The highest BCUT2D eigenvalue weighted by Gasteiger charge is 2.42. The van der Waals surface area contributed by atoms with Gasteiger partial charge in [0, 0.05) is 44.1 Å². The van der Waals surface area contributed by atoms with Crippen LogP contribution in [0.15, 0.2) is 66.7 Å². The molecule has 0 saturated heterocycles. The van der Waals surface area contributed by atoms with E-state index in [9.17, 15) is 20.6 Å². The molecule has 0 bridgehead atoms. The summed E-state index contributed by atoms with van der Waals surface area (Å²) in [6.45, 7) is 0. The smallest absolute Gasteiger partial charge is 0.260 e. The van der Waals surface area contributed by atoms with E-state index < -0.39 is 6.17 Å². The Morgan fingerprint density at radius 1 is 0.816 bits per heavy atom. The lowest BCUT2D eigenvalue weighted by atomic mass is 9.81. The van der Waals surface area contributed by atoms with Gasteiger partial charge in [-0.05, 0) is 47.9 Å². The van der Waals surface area contributed by atoms with E-state index in [1.54, 1.807) is 35.2 Å². The van der Waals surface area contributed by atoms with Crippen LogP contribution in [0.5, 0.6) is 11.5 Å². The fourth-order valence-corrected chi connectivity index (χ4v) is 6.14. The number of ether oxygens (including phenoxy) is 1. The largest absolute Gasteiger partial charge is 0.455 e. The summed E-state index contributed by atoms with van der Waals surface area (Å²) < 4.78 is 6.24. The van der Waals surface area contributed by atoms with Gasteiger partial charge in [0.15, 0.2) is 5.75 Å². The Kier molecular flexibility index (Phi) is 3.69. The van der Waals surface area contributed by atoms with Crippen LogP contribution in [0.2, 0.25) is 0 Å².